The van der Waals surface area contributed by atoms with Crippen LogP contribution in [-0.4, -0.2) is 10.8 Å². The number of nitrogens with one attached hydrogen (secondary N) is 1. The first kappa shape index (κ1) is 18.1. The predicted octanol–water partition coefficient (Wildman–Crippen LogP) is 5.26. The molecule has 0 saturated heterocycles. The zero-order chi connectivity index (χ0) is 19.4. The van der Waals surface area contributed by atoms with Crippen molar-refractivity contribution in [3.8, 4) is 11.5 Å². The van der Waals surface area contributed by atoms with Gasteiger partial charge in [-0.1, -0.05) is 6.07 Å². The summed E-state index contributed by atoms with van der Waals surface area (Å²) in [4.78, 5) is 22.6. The molecule has 0 aliphatic heterocycles. The number of aryl methyl sites for hydroxylation is 2. The number of benzene rings is 3. The highest BCUT2D eigenvalue weighted by Gasteiger charge is 2.08. The van der Waals surface area contributed by atoms with Crippen LogP contribution in [0.3, 0.4) is 0 Å². The number of amides is 1. The molecule has 3 aromatic carbocycles. The van der Waals surface area contributed by atoms with Crippen molar-refractivity contribution in [2.75, 3.05) is 5.32 Å². The van der Waals surface area contributed by atoms with Crippen molar-refractivity contribution in [1.82, 2.24) is 0 Å². The summed E-state index contributed by atoms with van der Waals surface area (Å²) in [6.45, 7) is 4.01. The molecular weight excluding hydrogens is 344 g/mol. The molecule has 0 heterocycles. The van der Waals surface area contributed by atoms with Crippen molar-refractivity contribution in [2.45, 2.75) is 13.8 Å². The Balaban J connectivity index is 1.66. The fraction of sp³-hybridized carbons (Fsp3) is 0.0952. The van der Waals surface area contributed by atoms with E-state index in [1.54, 1.807) is 24.3 Å². The first-order valence-electron chi connectivity index (χ1n) is 8.33. The molecule has 0 saturated carbocycles. The summed E-state index contributed by atoms with van der Waals surface area (Å²) in [5, 5.41) is 13.5. The lowest BCUT2D eigenvalue weighted by Crippen LogP contribution is -2.11. The highest BCUT2D eigenvalue weighted by atomic mass is 16.6. The molecule has 1 N–H and O–H groups in total. The van der Waals surface area contributed by atoms with E-state index in [9.17, 15) is 14.9 Å². The SMILES string of the molecule is Cc1ccc(NC(=O)c2ccc(Oc3ccc([N+](=O)[O-])cc3)cc2)cc1C. The molecule has 6 nitrogen and oxygen atoms in total. The monoisotopic (exact) mass is 362 g/mol. The van der Waals surface area contributed by atoms with Gasteiger partial charge >= 0.3 is 0 Å². The van der Waals surface area contributed by atoms with Gasteiger partial charge in [-0.2, -0.15) is 0 Å². The Hall–Kier alpha value is -3.67. The maximum atomic E-state index is 12.4. The van der Waals surface area contributed by atoms with Crippen molar-refractivity contribution in [2.24, 2.45) is 0 Å². The van der Waals surface area contributed by atoms with Crippen LogP contribution in [0.4, 0.5) is 11.4 Å². The lowest BCUT2D eigenvalue weighted by molar-refractivity contribution is -0.384. The van der Waals surface area contributed by atoms with Crippen LogP contribution in [0.5, 0.6) is 11.5 Å². The van der Waals surface area contributed by atoms with Gasteiger partial charge < -0.3 is 10.1 Å². The summed E-state index contributed by atoms with van der Waals surface area (Å²) in [7, 11) is 0. The molecule has 0 aromatic heterocycles. The van der Waals surface area contributed by atoms with E-state index in [1.807, 2.05) is 32.0 Å². The molecule has 0 aliphatic carbocycles. The van der Waals surface area contributed by atoms with E-state index in [0.29, 0.717) is 17.1 Å². The summed E-state index contributed by atoms with van der Waals surface area (Å²) in [6.07, 6.45) is 0. The largest absolute Gasteiger partial charge is 0.457 e. The number of nitrogens with zero attached hydrogens (tertiary/aromatic N) is 1. The van der Waals surface area contributed by atoms with Crippen LogP contribution in [0, 0.1) is 24.0 Å². The Bertz CT molecular complexity index is 980. The van der Waals surface area contributed by atoms with Gasteiger partial charge in [0.1, 0.15) is 11.5 Å². The Morgan fingerprint density at radius 2 is 1.48 bits per heavy atom. The Kier molecular flexibility index (Phi) is 5.17. The van der Waals surface area contributed by atoms with Crippen LogP contribution in [0.2, 0.25) is 0 Å². The molecule has 6 heteroatoms. The van der Waals surface area contributed by atoms with E-state index in [0.717, 1.165) is 11.3 Å². The van der Waals surface area contributed by atoms with Crippen molar-refractivity contribution in [3.05, 3.63) is 93.5 Å². The van der Waals surface area contributed by atoms with Crippen LogP contribution in [0.25, 0.3) is 0 Å². The van der Waals surface area contributed by atoms with E-state index in [-0.39, 0.29) is 11.6 Å². The lowest BCUT2D eigenvalue weighted by atomic mass is 10.1. The average Bonchev–Trinajstić information content (AvgIpc) is 2.66. The Morgan fingerprint density at radius 1 is 0.889 bits per heavy atom. The minimum absolute atomic E-state index is 0.000659. The van der Waals surface area contributed by atoms with E-state index < -0.39 is 4.92 Å². The van der Waals surface area contributed by atoms with Crippen molar-refractivity contribution < 1.29 is 14.5 Å². The van der Waals surface area contributed by atoms with Crippen molar-refractivity contribution in [1.29, 1.82) is 0 Å². The summed E-state index contributed by atoms with van der Waals surface area (Å²) in [6, 6.07) is 18.2. The molecule has 0 fully saturated rings. The van der Waals surface area contributed by atoms with Crippen LogP contribution >= 0.6 is 0 Å². The normalized spacial score (nSPS) is 10.3. The minimum atomic E-state index is -0.466. The fourth-order valence-corrected chi connectivity index (χ4v) is 2.47. The van der Waals surface area contributed by atoms with Crippen molar-refractivity contribution in [3.63, 3.8) is 0 Å². The Morgan fingerprint density at radius 3 is 2.04 bits per heavy atom. The number of carbonyl (C=O) groups is 1. The smallest absolute Gasteiger partial charge is 0.269 e. The summed E-state index contributed by atoms with van der Waals surface area (Å²) < 4.78 is 5.64. The third-order valence-electron chi connectivity index (χ3n) is 4.16. The van der Waals surface area contributed by atoms with E-state index in [4.69, 9.17) is 4.74 Å². The van der Waals surface area contributed by atoms with Gasteiger partial charge in [-0.25, -0.2) is 0 Å². The first-order valence-corrected chi connectivity index (χ1v) is 8.33. The standard InChI is InChI=1S/C21H18N2O4/c1-14-3-6-17(13-15(14)2)22-21(24)16-4-9-19(10-5-16)27-20-11-7-18(8-12-20)23(25)26/h3-13H,1-2H3,(H,22,24). The number of hydrogen-bond donors (Lipinski definition) is 1. The van der Waals surface area contributed by atoms with Gasteiger partial charge in [-0.05, 0) is 73.5 Å². The topological polar surface area (TPSA) is 81.5 Å². The average molecular weight is 362 g/mol. The number of ether oxygens (including phenoxy) is 1. The molecule has 0 spiro atoms. The second kappa shape index (κ2) is 7.70. The highest BCUT2D eigenvalue weighted by molar-refractivity contribution is 6.04. The molecule has 3 aromatic rings. The molecule has 27 heavy (non-hydrogen) atoms. The quantitative estimate of drug-likeness (QED) is 0.496. The van der Waals surface area contributed by atoms with Crippen molar-refractivity contribution >= 4 is 17.3 Å². The third-order valence-corrected chi connectivity index (χ3v) is 4.16. The van der Waals surface area contributed by atoms with Gasteiger partial charge in [0, 0.05) is 23.4 Å². The second-order valence-electron chi connectivity index (χ2n) is 6.13. The molecule has 0 atom stereocenters. The van der Waals surface area contributed by atoms with Gasteiger partial charge in [0.05, 0.1) is 4.92 Å². The van der Waals surface area contributed by atoms with Crippen LogP contribution < -0.4 is 10.1 Å². The number of nitro groups is 1. The maximum Gasteiger partial charge on any atom is 0.269 e. The zero-order valence-corrected chi connectivity index (χ0v) is 14.9. The minimum Gasteiger partial charge on any atom is -0.457 e. The molecular formula is C21H18N2O4. The molecule has 0 bridgehead atoms. The highest BCUT2D eigenvalue weighted by Crippen LogP contribution is 2.24. The number of rotatable bonds is 5. The molecule has 0 radical (unpaired) electrons. The number of non-ortho nitro benzene ring substituents is 1. The molecule has 1 amide bonds. The summed E-state index contributed by atoms with van der Waals surface area (Å²) in [5.41, 5.74) is 3.53. The lowest BCUT2D eigenvalue weighted by Gasteiger charge is -2.09. The van der Waals surface area contributed by atoms with Gasteiger partial charge in [0.25, 0.3) is 11.6 Å². The summed E-state index contributed by atoms with van der Waals surface area (Å²) in [5.74, 6) is 0.805. The number of nitro benzene ring substituents is 1. The zero-order valence-electron chi connectivity index (χ0n) is 14.9. The summed E-state index contributed by atoms with van der Waals surface area (Å²) >= 11 is 0. The molecule has 0 unspecified atom stereocenters. The third kappa shape index (κ3) is 4.49. The predicted molar refractivity (Wildman–Crippen MR) is 103 cm³/mol. The van der Waals surface area contributed by atoms with Crippen LogP contribution in [0.15, 0.2) is 66.7 Å². The molecule has 136 valence electrons. The van der Waals surface area contributed by atoms with E-state index in [1.165, 1.54) is 29.8 Å². The van der Waals surface area contributed by atoms with Crippen LogP contribution in [0.1, 0.15) is 21.5 Å². The first-order chi connectivity index (χ1) is 12.9. The van der Waals surface area contributed by atoms with Gasteiger partial charge in [-0.3, -0.25) is 14.9 Å². The van der Waals surface area contributed by atoms with Gasteiger partial charge in [-0.15, -0.1) is 0 Å². The van der Waals surface area contributed by atoms with E-state index in [2.05, 4.69) is 5.32 Å². The van der Waals surface area contributed by atoms with Gasteiger partial charge in [0.2, 0.25) is 0 Å². The fourth-order valence-electron chi connectivity index (χ4n) is 2.47. The Labute approximate surface area is 156 Å². The molecule has 3 rings (SSSR count). The molecule has 0 aliphatic rings. The van der Waals surface area contributed by atoms with Crippen LogP contribution in [-0.2, 0) is 0 Å². The second-order valence-corrected chi connectivity index (χ2v) is 6.13. The number of anilines is 1. The maximum absolute atomic E-state index is 12.4. The number of hydrogen-bond acceptors (Lipinski definition) is 4. The van der Waals surface area contributed by atoms with Gasteiger partial charge in [0.15, 0.2) is 0 Å². The number of carbonyl (C=O) groups excluding carboxylic acids is 1. The van der Waals surface area contributed by atoms with E-state index >= 15 is 0 Å².